The van der Waals surface area contributed by atoms with E-state index in [0.29, 0.717) is 42.4 Å². The molecule has 1 aliphatic heterocycles. The molecule has 0 radical (unpaired) electrons. The lowest BCUT2D eigenvalue weighted by Gasteiger charge is -2.24. The molecule has 1 atom stereocenters. The lowest BCUT2D eigenvalue weighted by molar-refractivity contribution is -0.136. The minimum atomic E-state index is -4.74. The summed E-state index contributed by atoms with van der Waals surface area (Å²) >= 11 is 0. The monoisotopic (exact) mass is 534 g/mol. The van der Waals surface area contributed by atoms with Crippen LogP contribution in [0, 0.1) is 0 Å². The van der Waals surface area contributed by atoms with Crippen LogP contribution in [0.2, 0.25) is 0 Å². The van der Waals surface area contributed by atoms with Crippen molar-refractivity contribution in [2.24, 2.45) is 10.2 Å². The summed E-state index contributed by atoms with van der Waals surface area (Å²) in [5.41, 5.74) is -0.815. The fourth-order valence-electron chi connectivity index (χ4n) is 4.43. The number of halogens is 3. The molecule has 1 saturated heterocycles. The minimum Gasteiger partial charge on any atom is -0.423 e. The van der Waals surface area contributed by atoms with Gasteiger partial charge in [0.25, 0.3) is 5.91 Å². The smallest absolute Gasteiger partial charge is 0.417 e. The van der Waals surface area contributed by atoms with Crippen molar-refractivity contribution in [3.63, 3.8) is 0 Å². The lowest BCUT2D eigenvalue weighted by Crippen LogP contribution is -2.43. The largest absolute Gasteiger partial charge is 0.423 e. The summed E-state index contributed by atoms with van der Waals surface area (Å²) in [6.07, 6.45) is -3.72. The molecule has 1 aromatic heterocycles. The molecule has 0 saturated carbocycles. The molecule has 0 bridgehead atoms. The van der Waals surface area contributed by atoms with Crippen molar-refractivity contribution in [3.05, 3.63) is 100 Å². The quantitative estimate of drug-likeness (QED) is 0.234. The maximum atomic E-state index is 13.3. The average Bonchev–Trinajstić information content (AvgIpc) is 3.41. The zero-order valence-electron chi connectivity index (χ0n) is 20.3. The van der Waals surface area contributed by atoms with Crippen molar-refractivity contribution >= 4 is 39.8 Å². The van der Waals surface area contributed by atoms with E-state index in [2.05, 4.69) is 15.5 Å². The van der Waals surface area contributed by atoms with Crippen molar-refractivity contribution in [1.82, 2.24) is 4.90 Å². The minimum absolute atomic E-state index is 0.141. The lowest BCUT2D eigenvalue weighted by atomic mass is 10.1. The number of hydrogen-bond donors (Lipinski definition) is 1. The Kier molecular flexibility index (Phi) is 6.97. The summed E-state index contributed by atoms with van der Waals surface area (Å²) in [4.78, 5) is 39.4. The van der Waals surface area contributed by atoms with E-state index in [1.165, 1.54) is 11.0 Å². The van der Waals surface area contributed by atoms with Crippen LogP contribution in [0.5, 0.6) is 0 Å². The van der Waals surface area contributed by atoms with Crippen molar-refractivity contribution in [3.8, 4) is 0 Å². The summed E-state index contributed by atoms with van der Waals surface area (Å²) in [6, 6.07) is 18.9. The molecule has 2 amide bonds. The maximum Gasteiger partial charge on any atom is 0.417 e. The number of carbonyl (C=O) groups excluding carboxylic acids is 2. The van der Waals surface area contributed by atoms with Crippen LogP contribution < -0.4 is 10.9 Å². The van der Waals surface area contributed by atoms with Gasteiger partial charge in [-0.05, 0) is 61.4 Å². The first-order chi connectivity index (χ1) is 18.7. The van der Waals surface area contributed by atoms with Crippen molar-refractivity contribution in [2.45, 2.75) is 25.1 Å². The molecule has 8 nitrogen and oxygen atoms in total. The van der Waals surface area contributed by atoms with Crippen LogP contribution in [-0.4, -0.2) is 29.3 Å². The summed E-state index contributed by atoms with van der Waals surface area (Å²) in [5.74, 6) is -0.832. The van der Waals surface area contributed by atoms with Gasteiger partial charge >= 0.3 is 11.8 Å². The van der Waals surface area contributed by atoms with E-state index in [1.54, 1.807) is 24.3 Å². The number of carbonyl (C=O) groups is 2. The van der Waals surface area contributed by atoms with E-state index in [4.69, 9.17) is 4.42 Å². The first-order valence-electron chi connectivity index (χ1n) is 12.0. The zero-order valence-corrected chi connectivity index (χ0v) is 20.3. The first kappa shape index (κ1) is 25.8. The predicted octanol–water partition coefficient (Wildman–Crippen LogP) is 6.47. The summed E-state index contributed by atoms with van der Waals surface area (Å²) in [6.45, 7) is 0.369. The number of alkyl halides is 3. The number of azo groups is 1. The molecule has 1 fully saturated rings. The second-order valence-corrected chi connectivity index (χ2v) is 8.92. The molecule has 1 N–H and O–H groups in total. The molecule has 39 heavy (non-hydrogen) atoms. The van der Waals surface area contributed by atoms with Gasteiger partial charge in [-0.3, -0.25) is 9.59 Å². The Labute approximate surface area is 219 Å². The normalized spacial score (nSPS) is 15.7. The highest BCUT2D eigenvalue weighted by atomic mass is 19.4. The molecule has 5 rings (SSSR count). The number of benzene rings is 3. The summed E-state index contributed by atoms with van der Waals surface area (Å²) in [7, 11) is 0. The highest BCUT2D eigenvalue weighted by molar-refractivity contribution is 6.02. The van der Waals surface area contributed by atoms with Crippen molar-refractivity contribution < 1.29 is 27.2 Å². The van der Waals surface area contributed by atoms with Gasteiger partial charge in [-0.15, -0.1) is 0 Å². The topological polar surface area (TPSA) is 104 Å². The van der Waals surface area contributed by atoms with Crippen molar-refractivity contribution in [2.75, 3.05) is 11.9 Å². The second-order valence-electron chi connectivity index (χ2n) is 8.92. The van der Waals surface area contributed by atoms with Gasteiger partial charge in [-0.2, -0.15) is 23.4 Å². The van der Waals surface area contributed by atoms with Gasteiger partial charge < -0.3 is 14.6 Å². The summed E-state index contributed by atoms with van der Waals surface area (Å²) in [5, 5.41) is 10.6. The number of nitrogens with zero attached hydrogens (tertiary/aromatic N) is 3. The molecule has 1 aliphatic rings. The number of nitrogens with one attached hydrogen (secondary N) is 1. The molecule has 4 aromatic rings. The third kappa shape index (κ3) is 5.71. The molecule has 0 spiro atoms. The molecule has 0 aliphatic carbocycles. The SMILES string of the molecule is O=C(Nc1ccc2c(C(F)(F)F)cc(=O)oc2c1)[C@@H]1CCCN1C(=O)c1ccc(N=Nc2ccccc2)cc1. The highest BCUT2D eigenvalue weighted by Crippen LogP contribution is 2.34. The number of likely N-dealkylation sites (tertiary alicyclic amines) is 1. The van der Waals surface area contributed by atoms with E-state index in [0.717, 1.165) is 12.1 Å². The van der Waals surface area contributed by atoms with E-state index < -0.39 is 29.3 Å². The second kappa shape index (κ2) is 10.5. The van der Waals surface area contributed by atoms with Gasteiger partial charge in [0.05, 0.1) is 16.9 Å². The van der Waals surface area contributed by atoms with Crippen LogP contribution in [0.1, 0.15) is 28.8 Å². The third-order valence-electron chi connectivity index (χ3n) is 6.29. The third-order valence-corrected chi connectivity index (χ3v) is 6.29. The van der Waals surface area contributed by atoms with Gasteiger partial charge in [0.15, 0.2) is 0 Å². The molecular formula is C28H21F3N4O4. The van der Waals surface area contributed by atoms with Gasteiger partial charge in [0.1, 0.15) is 11.6 Å². The fraction of sp³-hybridized carbons (Fsp3) is 0.179. The fourth-order valence-corrected chi connectivity index (χ4v) is 4.43. The van der Waals surface area contributed by atoms with Crippen LogP contribution in [0.15, 0.2) is 98.3 Å². The number of hydrogen-bond acceptors (Lipinski definition) is 6. The number of rotatable bonds is 5. The Hall–Kier alpha value is -4.80. The van der Waals surface area contributed by atoms with Crippen LogP contribution in [0.25, 0.3) is 11.0 Å². The molecule has 2 heterocycles. The van der Waals surface area contributed by atoms with E-state index in [9.17, 15) is 27.6 Å². The maximum absolute atomic E-state index is 13.3. The number of amides is 2. The molecule has 11 heteroatoms. The molecular weight excluding hydrogens is 513 g/mol. The molecule has 198 valence electrons. The Morgan fingerprint density at radius 3 is 2.31 bits per heavy atom. The van der Waals surface area contributed by atoms with Gasteiger partial charge in [-0.1, -0.05) is 18.2 Å². The highest BCUT2D eigenvalue weighted by Gasteiger charge is 2.36. The van der Waals surface area contributed by atoms with Crippen LogP contribution in [0.3, 0.4) is 0 Å². The Morgan fingerprint density at radius 1 is 0.923 bits per heavy atom. The van der Waals surface area contributed by atoms with E-state index in [1.807, 2.05) is 30.3 Å². The van der Waals surface area contributed by atoms with Gasteiger partial charge in [-0.25, -0.2) is 4.79 Å². The predicted molar refractivity (Wildman–Crippen MR) is 137 cm³/mol. The van der Waals surface area contributed by atoms with Crippen molar-refractivity contribution in [1.29, 1.82) is 0 Å². The molecule has 0 unspecified atom stereocenters. The Balaban J connectivity index is 1.29. The standard InChI is InChI=1S/C28H21F3N4O4/c29-28(30,31)22-16-25(36)39-24-15-20(12-13-21(22)24)32-26(37)23-7-4-14-35(23)27(38)17-8-10-19(11-9-17)34-33-18-5-2-1-3-6-18/h1-3,5-6,8-13,15-16,23H,4,7,14H2,(H,32,37)/t23-/m0/s1. The van der Waals surface area contributed by atoms with Gasteiger partial charge in [0.2, 0.25) is 5.91 Å². The van der Waals surface area contributed by atoms with Crippen LogP contribution in [0.4, 0.5) is 30.2 Å². The Morgan fingerprint density at radius 2 is 1.62 bits per heavy atom. The van der Waals surface area contributed by atoms with Crippen LogP contribution >= 0.6 is 0 Å². The van der Waals surface area contributed by atoms with Crippen LogP contribution in [-0.2, 0) is 11.0 Å². The Bertz CT molecular complexity index is 1620. The number of fused-ring (bicyclic) bond motifs is 1. The van der Waals surface area contributed by atoms with E-state index in [-0.39, 0.29) is 22.6 Å². The number of anilines is 1. The summed E-state index contributed by atoms with van der Waals surface area (Å²) < 4.78 is 44.8. The van der Waals surface area contributed by atoms with E-state index >= 15 is 0 Å². The average molecular weight is 534 g/mol. The van der Waals surface area contributed by atoms with Gasteiger partial charge in [0, 0.05) is 35.3 Å². The zero-order chi connectivity index (χ0) is 27.6. The molecule has 3 aromatic carbocycles. The first-order valence-corrected chi connectivity index (χ1v) is 12.0.